The number of hydrogen-bond donors (Lipinski definition) is 2. The average molecular weight is 405 g/mol. The first-order valence-corrected chi connectivity index (χ1v) is 8.94. The molecule has 0 aliphatic rings. The van der Waals surface area contributed by atoms with Crippen LogP contribution in [0, 0.1) is 0 Å². The molecule has 0 aromatic heterocycles. The molecule has 2 N–H and O–H groups in total. The Morgan fingerprint density at radius 3 is 2.29 bits per heavy atom. The maximum absolute atomic E-state index is 11.9. The monoisotopic (exact) mass is 404 g/mol. The van der Waals surface area contributed by atoms with Gasteiger partial charge in [0.25, 0.3) is 11.8 Å². The van der Waals surface area contributed by atoms with Gasteiger partial charge in [0.2, 0.25) is 0 Å². The van der Waals surface area contributed by atoms with E-state index >= 15 is 0 Å². The van der Waals surface area contributed by atoms with Gasteiger partial charge >= 0.3 is 5.97 Å². The van der Waals surface area contributed by atoms with Crippen molar-refractivity contribution in [3.63, 3.8) is 0 Å². The quantitative estimate of drug-likeness (QED) is 0.623. The van der Waals surface area contributed by atoms with Crippen LogP contribution in [0.3, 0.4) is 0 Å². The molecule has 0 fully saturated rings. The summed E-state index contributed by atoms with van der Waals surface area (Å²) in [5.41, 5.74) is 1.41. The maximum Gasteiger partial charge on any atom is 0.325 e. The Bertz CT molecular complexity index is 806. The minimum atomic E-state index is -0.699. The Labute approximate surface area is 168 Å². The molecule has 0 bridgehead atoms. The van der Waals surface area contributed by atoms with E-state index in [2.05, 4.69) is 10.6 Å². The molecule has 28 heavy (non-hydrogen) atoms. The van der Waals surface area contributed by atoms with E-state index in [0.29, 0.717) is 29.3 Å². The highest BCUT2D eigenvalue weighted by Gasteiger charge is 2.11. The van der Waals surface area contributed by atoms with Crippen LogP contribution in [0.4, 0.5) is 0 Å². The standard InChI is InChI=1S/C20H21ClN2O5/c1-27-17-8-4-15(5-9-17)20(26)23-12-19(25)28-13-18(24)22-11-10-14-2-6-16(21)7-3-14/h2-9H,10-13H2,1H3,(H,22,24)(H,23,26). The van der Waals surface area contributed by atoms with Gasteiger partial charge in [0.1, 0.15) is 12.3 Å². The molecule has 0 heterocycles. The molecule has 0 saturated carbocycles. The molecule has 7 nitrogen and oxygen atoms in total. The summed E-state index contributed by atoms with van der Waals surface area (Å²) in [7, 11) is 1.53. The largest absolute Gasteiger partial charge is 0.497 e. The summed E-state index contributed by atoms with van der Waals surface area (Å²) in [5, 5.41) is 5.74. The Kier molecular flexibility index (Phi) is 8.30. The lowest BCUT2D eigenvalue weighted by molar-refractivity contribution is -0.147. The van der Waals surface area contributed by atoms with Crippen LogP contribution in [-0.4, -0.2) is 44.6 Å². The van der Waals surface area contributed by atoms with Crippen molar-refractivity contribution in [2.75, 3.05) is 26.8 Å². The Morgan fingerprint density at radius 2 is 1.64 bits per heavy atom. The zero-order valence-corrected chi connectivity index (χ0v) is 16.1. The van der Waals surface area contributed by atoms with E-state index in [1.807, 2.05) is 12.1 Å². The fraction of sp³-hybridized carbons (Fsp3) is 0.250. The average Bonchev–Trinajstić information content (AvgIpc) is 2.72. The molecule has 0 spiro atoms. The SMILES string of the molecule is COc1ccc(C(=O)NCC(=O)OCC(=O)NCCc2ccc(Cl)cc2)cc1. The lowest BCUT2D eigenvalue weighted by Crippen LogP contribution is -2.34. The summed E-state index contributed by atoms with van der Waals surface area (Å²) >= 11 is 5.81. The van der Waals surface area contributed by atoms with E-state index in [-0.39, 0.29) is 6.54 Å². The molecule has 0 aliphatic carbocycles. The van der Waals surface area contributed by atoms with Gasteiger partial charge in [-0.05, 0) is 48.4 Å². The van der Waals surface area contributed by atoms with Crippen molar-refractivity contribution < 1.29 is 23.9 Å². The van der Waals surface area contributed by atoms with Crippen molar-refractivity contribution in [1.82, 2.24) is 10.6 Å². The summed E-state index contributed by atoms with van der Waals surface area (Å²) in [4.78, 5) is 35.3. The molecule has 148 valence electrons. The summed E-state index contributed by atoms with van der Waals surface area (Å²) in [6.07, 6.45) is 0.634. The van der Waals surface area contributed by atoms with Crippen LogP contribution in [-0.2, 0) is 20.7 Å². The van der Waals surface area contributed by atoms with Crippen LogP contribution >= 0.6 is 11.6 Å². The van der Waals surface area contributed by atoms with Gasteiger partial charge < -0.3 is 20.1 Å². The third-order valence-corrected chi connectivity index (χ3v) is 4.01. The number of halogens is 1. The second-order valence-electron chi connectivity index (χ2n) is 5.80. The predicted molar refractivity (Wildman–Crippen MR) is 104 cm³/mol. The van der Waals surface area contributed by atoms with Gasteiger partial charge in [-0.25, -0.2) is 0 Å². The lowest BCUT2D eigenvalue weighted by atomic mass is 10.1. The second kappa shape index (κ2) is 10.9. The molecule has 0 unspecified atom stereocenters. The molecule has 0 atom stereocenters. The number of benzene rings is 2. The fourth-order valence-corrected chi connectivity index (χ4v) is 2.37. The summed E-state index contributed by atoms with van der Waals surface area (Å²) in [6, 6.07) is 13.7. The number of methoxy groups -OCH3 is 1. The van der Waals surface area contributed by atoms with Crippen LogP contribution in [0.1, 0.15) is 15.9 Å². The van der Waals surface area contributed by atoms with Crippen molar-refractivity contribution >= 4 is 29.4 Å². The van der Waals surface area contributed by atoms with E-state index in [4.69, 9.17) is 21.1 Å². The summed E-state index contributed by atoms with van der Waals surface area (Å²) < 4.78 is 9.85. The highest BCUT2D eigenvalue weighted by Crippen LogP contribution is 2.11. The zero-order valence-electron chi connectivity index (χ0n) is 15.4. The molecule has 2 aromatic rings. The molecular weight excluding hydrogens is 384 g/mol. The van der Waals surface area contributed by atoms with Crippen molar-refractivity contribution in [2.45, 2.75) is 6.42 Å². The lowest BCUT2D eigenvalue weighted by Gasteiger charge is -2.08. The minimum absolute atomic E-state index is 0.330. The van der Waals surface area contributed by atoms with Crippen LogP contribution in [0.15, 0.2) is 48.5 Å². The number of carbonyl (C=O) groups excluding carboxylic acids is 3. The summed E-state index contributed by atoms with van der Waals surface area (Å²) in [6.45, 7) is -0.326. The number of carbonyl (C=O) groups is 3. The van der Waals surface area contributed by atoms with E-state index < -0.39 is 24.4 Å². The van der Waals surface area contributed by atoms with Crippen molar-refractivity contribution in [3.8, 4) is 5.75 Å². The van der Waals surface area contributed by atoms with Crippen molar-refractivity contribution in [3.05, 3.63) is 64.7 Å². The molecule has 8 heteroatoms. The zero-order chi connectivity index (χ0) is 20.4. The number of nitrogens with one attached hydrogen (secondary N) is 2. The Morgan fingerprint density at radius 1 is 0.964 bits per heavy atom. The first kappa shape index (κ1) is 21.2. The van der Waals surface area contributed by atoms with Crippen molar-refractivity contribution in [1.29, 1.82) is 0 Å². The van der Waals surface area contributed by atoms with Crippen LogP contribution in [0.25, 0.3) is 0 Å². The molecule has 2 amide bonds. The Balaban J connectivity index is 1.62. The maximum atomic E-state index is 11.9. The summed E-state index contributed by atoms with van der Waals surface area (Å²) in [5.74, 6) is -0.913. The predicted octanol–water partition coefficient (Wildman–Crippen LogP) is 1.98. The van der Waals surface area contributed by atoms with Gasteiger partial charge in [-0.1, -0.05) is 23.7 Å². The van der Waals surface area contributed by atoms with Crippen LogP contribution in [0.5, 0.6) is 5.75 Å². The van der Waals surface area contributed by atoms with Gasteiger partial charge in [-0.15, -0.1) is 0 Å². The first-order chi connectivity index (χ1) is 13.5. The molecule has 0 radical (unpaired) electrons. The van der Waals surface area contributed by atoms with Gasteiger partial charge in [0.05, 0.1) is 7.11 Å². The normalized spacial score (nSPS) is 10.1. The molecule has 2 rings (SSSR count). The van der Waals surface area contributed by atoms with E-state index in [9.17, 15) is 14.4 Å². The topological polar surface area (TPSA) is 93.7 Å². The van der Waals surface area contributed by atoms with Gasteiger partial charge in [0.15, 0.2) is 6.61 Å². The third kappa shape index (κ3) is 7.28. The number of hydrogen-bond acceptors (Lipinski definition) is 5. The van der Waals surface area contributed by atoms with Crippen molar-refractivity contribution in [2.24, 2.45) is 0 Å². The van der Waals surface area contributed by atoms with Crippen LogP contribution < -0.4 is 15.4 Å². The van der Waals surface area contributed by atoms with E-state index in [1.54, 1.807) is 36.4 Å². The number of amides is 2. The molecule has 0 saturated heterocycles. The highest BCUT2D eigenvalue weighted by molar-refractivity contribution is 6.30. The second-order valence-corrected chi connectivity index (χ2v) is 6.23. The number of esters is 1. The van der Waals surface area contributed by atoms with E-state index in [0.717, 1.165) is 5.56 Å². The van der Waals surface area contributed by atoms with Gasteiger partial charge in [-0.2, -0.15) is 0 Å². The number of ether oxygens (including phenoxy) is 2. The van der Waals surface area contributed by atoms with E-state index in [1.165, 1.54) is 7.11 Å². The van der Waals surface area contributed by atoms with Crippen LogP contribution in [0.2, 0.25) is 5.02 Å². The number of rotatable bonds is 9. The smallest absolute Gasteiger partial charge is 0.325 e. The molecule has 2 aromatic carbocycles. The van der Waals surface area contributed by atoms with Gasteiger partial charge in [0, 0.05) is 17.1 Å². The fourth-order valence-electron chi connectivity index (χ4n) is 2.24. The Hall–Kier alpha value is -3.06. The highest BCUT2D eigenvalue weighted by atomic mass is 35.5. The third-order valence-electron chi connectivity index (χ3n) is 3.76. The molecular formula is C20H21ClN2O5. The minimum Gasteiger partial charge on any atom is -0.497 e. The molecule has 0 aliphatic heterocycles. The van der Waals surface area contributed by atoms with Gasteiger partial charge in [-0.3, -0.25) is 14.4 Å². The first-order valence-electron chi connectivity index (χ1n) is 8.57.